The fourth-order valence-corrected chi connectivity index (χ4v) is 2.19. The van der Waals surface area contributed by atoms with E-state index in [9.17, 15) is 4.79 Å². The highest BCUT2D eigenvalue weighted by Crippen LogP contribution is 2.22. The Morgan fingerprint density at radius 2 is 2.05 bits per heavy atom. The van der Waals surface area contributed by atoms with Crippen LogP contribution < -0.4 is 4.74 Å². The van der Waals surface area contributed by atoms with Crippen molar-refractivity contribution in [1.29, 1.82) is 0 Å². The second kappa shape index (κ2) is 6.72. The van der Waals surface area contributed by atoms with Crippen LogP contribution in [-0.4, -0.2) is 16.1 Å². The molecule has 1 heterocycles. The molecule has 1 N–H and O–H groups in total. The largest absolute Gasteiger partial charge is 0.478 e. The van der Waals surface area contributed by atoms with Crippen LogP contribution >= 0.6 is 15.9 Å². The summed E-state index contributed by atoms with van der Waals surface area (Å²) in [7, 11) is 0. The molecule has 0 amide bonds. The Bertz CT molecular complexity index is 656. The molecule has 0 atom stereocenters. The minimum atomic E-state index is -0.981. The number of aromatic nitrogens is 1. The Morgan fingerprint density at radius 1 is 1.33 bits per heavy atom. The van der Waals surface area contributed by atoms with E-state index in [0.717, 1.165) is 10.0 Å². The quantitative estimate of drug-likeness (QED) is 0.876. The third kappa shape index (κ3) is 4.04. The molecule has 2 rings (SSSR count). The molecule has 0 fully saturated rings. The van der Waals surface area contributed by atoms with Gasteiger partial charge in [0.05, 0.1) is 5.56 Å². The number of pyridine rings is 1. The van der Waals surface area contributed by atoms with E-state index < -0.39 is 5.97 Å². The number of benzene rings is 1. The fraction of sp³-hybridized carbons (Fsp3) is 0.250. The van der Waals surface area contributed by atoms with Crippen LogP contribution in [0.4, 0.5) is 0 Å². The molecule has 0 aliphatic carbocycles. The van der Waals surface area contributed by atoms with Crippen molar-refractivity contribution in [2.24, 2.45) is 0 Å². The van der Waals surface area contributed by atoms with Gasteiger partial charge in [0.25, 0.3) is 0 Å². The number of nitrogens with zero attached hydrogens (tertiary/aromatic N) is 1. The van der Waals surface area contributed by atoms with Crippen LogP contribution in [0.1, 0.15) is 41.4 Å². The predicted molar refractivity (Wildman–Crippen MR) is 83.8 cm³/mol. The minimum Gasteiger partial charge on any atom is -0.478 e. The molecule has 4 nitrogen and oxygen atoms in total. The van der Waals surface area contributed by atoms with Crippen LogP contribution in [0.2, 0.25) is 0 Å². The molecule has 1 aromatic heterocycles. The van der Waals surface area contributed by atoms with Crippen molar-refractivity contribution in [3.63, 3.8) is 0 Å². The summed E-state index contributed by atoms with van der Waals surface area (Å²) in [6.07, 6.45) is 0. The summed E-state index contributed by atoms with van der Waals surface area (Å²) >= 11 is 3.45. The number of carboxylic acids is 1. The summed E-state index contributed by atoms with van der Waals surface area (Å²) in [6.45, 7) is 4.26. The monoisotopic (exact) mass is 349 g/mol. The van der Waals surface area contributed by atoms with Gasteiger partial charge in [-0.15, -0.1) is 0 Å². The smallest absolute Gasteiger partial charge is 0.335 e. The molecule has 0 aliphatic rings. The third-order valence-corrected chi connectivity index (χ3v) is 3.77. The number of aromatic carboxylic acids is 1. The predicted octanol–water partition coefficient (Wildman–Crippen LogP) is 4.24. The van der Waals surface area contributed by atoms with Crippen molar-refractivity contribution in [2.45, 2.75) is 26.4 Å². The highest BCUT2D eigenvalue weighted by atomic mass is 79.9. The number of rotatable bonds is 5. The highest BCUT2D eigenvalue weighted by Gasteiger charge is 2.12. The van der Waals surface area contributed by atoms with E-state index in [1.807, 2.05) is 38.1 Å². The first-order valence-corrected chi connectivity index (χ1v) is 7.38. The van der Waals surface area contributed by atoms with Crippen molar-refractivity contribution in [2.75, 3.05) is 0 Å². The van der Waals surface area contributed by atoms with Crippen molar-refractivity contribution >= 4 is 21.9 Å². The van der Waals surface area contributed by atoms with Gasteiger partial charge in [0, 0.05) is 21.8 Å². The molecule has 1 aromatic carbocycles. The van der Waals surface area contributed by atoms with Gasteiger partial charge in [0.1, 0.15) is 6.61 Å². The summed E-state index contributed by atoms with van der Waals surface area (Å²) in [5, 5.41) is 9.15. The normalized spacial score (nSPS) is 10.7. The van der Waals surface area contributed by atoms with Crippen LogP contribution in [-0.2, 0) is 6.61 Å². The Hall–Kier alpha value is -1.88. The summed E-state index contributed by atoms with van der Waals surface area (Å²) in [4.78, 5) is 15.5. The number of hydrogen-bond donors (Lipinski definition) is 1. The molecule has 2 aromatic rings. The second-order valence-electron chi connectivity index (χ2n) is 4.96. The van der Waals surface area contributed by atoms with Gasteiger partial charge >= 0.3 is 5.97 Å². The zero-order chi connectivity index (χ0) is 15.4. The number of halogens is 1. The van der Waals surface area contributed by atoms with Gasteiger partial charge in [-0.3, -0.25) is 0 Å². The third-order valence-electron chi connectivity index (χ3n) is 2.99. The number of ether oxygens (including phenoxy) is 1. The van der Waals surface area contributed by atoms with Gasteiger partial charge in [-0.05, 0) is 18.1 Å². The van der Waals surface area contributed by atoms with E-state index in [2.05, 4.69) is 20.9 Å². The van der Waals surface area contributed by atoms with Crippen molar-refractivity contribution in [1.82, 2.24) is 4.98 Å². The molecule has 0 unspecified atom stereocenters. The average molecular weight is 350 g/mol. The van der Waals surface area contributed by atoms with E-state index in [4.69, 9.17) is 9.84 Å². The number of carbonyl (C=O) groups is 1. The van der Waals surface area contributed by atoms with E-state index in [1.54, 1.807) is 6.07 Å². The van der Waals surface area contributed by atoms with Gasteiger partial charge < -0.3 is 9.84 Å². The maximum Gasteiger partial charge on any atom is 0.335 e. The lowest BCUT2D eigenvalue weighted by Gasteiger charge is -2.11. The zero-order valence-electron chi connectivity index (χ0n) is 11.8. The van der Waals surface area contributed by atoms with Gasteiger partial charge in [0.2, 0.25) is 5.88 Å². The Kier molecular flexibility index (Phi) is 4.96. The lowest BCUT2D eigenvalue weighted by Crippen LogP contribution is -2.05. The summed E-state index contributed by atoms with van der Waals surface area (Å²) in [6, 6.07) is 10.7. The van der Waals surface area contributed by atoms with E-state index >= 15 is 0 Å². The van der Waals surface area contributed by atoms with Crippen LogP contribution in [0, 0.1) is 0 Å². The summed E-state index contributed by atoms with van der Waals surface area (Å²) in [5.41, 5.74) is 1.87. The van der Waals surface area contributed by atoms with Crippen molar-refractivity contribution in [3.05, 3.63) is 57.7 Å². The molecule has 0 spiro atoms. The molecular formula is C16H16BrNO3. The first-order valence-electron chi connectivity index (χ1n) is 6.59. The molecule has 110 valence electrons. The number of carboxylic acid groups (broad SMARTS) is 1. The average Bonchev–Trinajstić information content (AvgIpc) is 2.46. The standard InChI is InChI=1S/C16H16BrNO3/c1-10(2)14-7-12(16(19)20)8-15(18-14)21-9-11-5-3-4-6-13(11)17/h3-8,10H,9H2,1-2H3,(H,19,20). The maximum absolute atomic E-state index is 11.2. The number of hydrogen-bond acceptors (Lipinski definition) is 3. The minimum absolute atomic E-state index is 0.134. The Morgan fingerprint density at radius 3 is 2.67 bits per heavy atom. The molecule has 21 heavy (non-hydrogen) atoms. The van der Waals surface area contributed by atoms with Crippen LogP contribution in [0.5, 0.6) is 5.88 Å². The van der Waals surface area contributed by atoms with Gasteiger partial charge in [-0.25, -0.2) is 9.78 Å². The summed E-state index contributed by atoms with van der Waals surface area (Å²) < 4.78 is 6.60. The zero-order valence-corrected chi connectivity index (χ0v) is 13.4. The van der Waals surface area contributed by atoms with E-state index in [0.29, 0.717) is 18.2 Å². The Balaban J connectivity index is 2.23. The first kappa shape index (κ1) is 15.5. The molecule has 5 heteroatoms. The molecule has 0 aliphatic heterocycles. The van der Waals surface area contributed by atoms with Crippen molar-refractivity contribution < 1.29 is 14.6 Å². The van der Waals surface area contributed by atoms with E-state index in [1.165, 1.54) is 6.07 Å². The van der Waals surface area contributed by atoms with E-state index in [-0.39, 0.29) is 11.5 Å². The molecule has 0 bridgehead atoms. The molecule has 0 saturated carbocycles. The topological polar surface area (TPSA) is 59.4 Å². The summed E-state index contributed by atoms with van der Waals surface area (Å²) in [5.74, 6) is -0.519. The molecule has 0 radical (unpaired) electrons. The Labute approximate surface area is 131 Å². The van der Waals surface area contributed by atoms with Crippen LogP contribution in [0.3, 0.4) is 0 Å². The van der Waals surface area contributed by atoms with Gasteiger partial charge in [-0.2, -0.15) is 0 Å². The lowest BCUT2D eigenvalue weighted by atomic mass is 10.1. The molecular weight excluding hydrogens is 334 g/mol. The van der Waals surface area contributed by atoms with Crippen molar-refractivity contribution in [3.8, 4) is 5.88 Å². The first-order chi connectivity index (χ1) is 9.97. The second-order valence-corrected chi connectivity index (χ2v) is 5.81. The molecule has 0 saturated heterocycles. The fourth-order valence-electron chi connectivity index (χ4n) is 1.79. The SMILES string of the molecule is CC(C)c1cc(C(=O)O)cc(OCc2ccccc2Br)n1. The van der Waals surface area contributed by atoms with Crippen LogP contribution in [0.15, 0.2) is 40.9 Å². The van der Waals surface area contributed by atoms with Gasteiger partial charge in [-0.1, -0.05) is 48.0 Å². The maximum atomic E-state index is 11.2. The highest BCUT2D eigenvalue weighted by molar-refractivity contribution is 9.10. The lowest BCUT2D eigenvalue weighted by molar-refractivity contribution is 0.0696. The van der Waals surface area contributed by atoms with Gasteiger partial charge in [0.15, 0.2) is 0 Å². The van der Waals surface area contributed by atoms with Crippen LogP contribution in [0.25, 0.3) is 0 Å².